The molecule has 0 aromatic heterocycles. The van der Waals surface area contributed by atoms with Crippen LogP contribution in [0.25, 0.3) is 12.2 Å². The second-order valence-electron chi connectivity index (χ2n) is 6.05. The van der Waals surface area contributed by atoms with Crippen molar-refractivity contribution in [2.45, 2.75) is 32.1 Å². The fourth-order valence-electron chi connectivity index (χ4n) is 3.15. The number of ether oxygens (including phenoxy) is 2. The molecule has 2 heteroatoms. The number of aryl methyl sites for hydroxylation is 2. The van der Waals surface area contributed by atoms with Crippen molar-refractivity contribution >= 4 is 12.2 Å². The zero-order chi connectivity index (χ0) is 16.1. The Morgan fingerprint density at radius 1 is 0.652 bits per heavy atom. The zero-order valence-corrected chi connectivity index (χ0v) is 14.0. The highest BCUT2D eigenvalue weighted by atomic mass is 16.5. The molecule has 0 heterocycles. The Hall–Kier alpha value is -2.22. The van der Waals surface area contributed by atoms with Crippen molar-refractivity contribution < 1.29 is 9.47 Å². The standard InChI is InChI=1S/C21H24O2/c1-22-20-12-8-16-6-4-3-5-7-17-9-13-21(23-2)19(15-17)11-10-18(20)14-16/h8-15H,3-7H2,1-2H3/b11-10-. The van der Waals surface area contributed by atoms with E-state index in [9.17, 15) is 0 Å². The minimum Gasteiger partial charge on any atom is -0.496 e. The van der Waals surface area contributed by atoms with Gasteiger partial charge in [-0.3, -0.25) is 0 Å². The first-order chi connectivity index (χ1) is 11.3. The van der Waals surface area contributed by atoms with E-state index in [0.29, 0.717) is 0 Å². The van der Waals surface area contributed by atoms with Gasteiger partial charge in [0.05, 0.1) is 14.2 Å². The molecule has 1 aliphatic carbocycles. The number of hydrogen-bond acceptors (Lipinski definition) is 2. The van der Waals surface area contributed by atoms with E-state index in [1.54, 1.807) is 14.2 Å². The van der Waals surface area contributed by atoms with Gasteiger partial charge in [-0.2, -0.15) is 0 Å². The van der Waals surface area contributed by atoms with Gasteiger partial charge in [-0.05, 0) is 61.1 Å². The van der Waals surface area contributed by atoms with Crippen molar-refractivity contribution in [3.05, 3.63) is 58.7 Å². The summed E-state index contributed by atoms with van der Waals surface area (Å²) < 4.78 is 11.0. The van der Waals surface area contributed by atoms with E-state index in [4.69, 9.17) is 9.47 Å². The van der Waals surface area contributed by atoms with Gasteiger partial charge in [0, 0.05) is 11.1 Å². The average molecular weight is 308 g/mol. The molecule has 0 atom stereocenters. The molecule has 4 bridgehead atoms. The maximum Gasteiger partial charge on any atom is 0.126 e. The first kappa shape index (κ1) is 15.7. The smallest absolute Gasteiger partial charge is 0.126 e. The molecule has 2 nitrogen and oxygen atoms in total. The third kappa shape index (κ3) is 3.76. The van der Waals surface area contributed by atoms with Gasteiger partial charge in [0.15, 0.2) is 0 Å². The SMILES string of the molecule is COc1ccc2cc1/C=C\c1cc(ccc1OC)CCCCC2. The van der Waals surface area contributed by atoms with Crippen LogP contribution in [-0.4, -0.2) is 14.2 Å². The van der Waals surface area contributed by atoms with Crippen molar-refractivity contribution in [2.24, 2.45) is 0 Å². The fraction of sp³-hybridized carbons (Fsp3) is 0.333. The highest BCUT2D eigenvalue weighted by molar-refractivity contribution is 5.75. The molecule has 0 saturated carbocycles. The molecule has 0 amide bonds. The Morgan fingerprint density at radius 3 is 1.57 bits per heavy atom. The molecule has 0 N–H and O–H groups in total. The maximum absolute atomic E-state index is 5.50. The van der Waals surface area contributed by atoms with Crippen LogP contribution in [-0.2, 0) is 12.8 Å². The Labute approximate surface area is 138 Å². The van der Waals surface area contributed by atoms with E-state index < -0.39 is 0 Å². The fourth-order valence-corrected chi connectivity index (χ4v) is 3.15. The van der Waals surface area contributed by atoms with Crippen LogP contribution in [0, 0.1) is 0 Å². The summed E-state index contributed by atoms with van der Waals surface area (Å²) in [4.78, 5) is 0. The summed E-state index contributed by atoms with van der Waals surface area (Å²) in [5.41, 5.74) is 5.00. The summed E-state index contributed by atoms with van der Waals surface area (Å²) in [7, 11) is 3.45. The number of fused-ring (bicyclic) bond motifs is 4. The maximum atomic E-state index is 5.50. The molecule has 1 aliphatic rings. The Bertz CT molecular complexity index is 641. The number of rotatable bonds is 2. The quantitative estimate of drug-likeness (QED) is 0.764. The normalized spacial score (nSPS) is 15.7. The van der Waals surface area contributed by atoms with Crippen LogP contribution in [0.15, 0.2) is 36.4 Å². The molecule has 120 valence electrons. The minimum atomic E-state index is 0.912. The summed E-state index contributed by atoms with van der Waals surface area (Å²) in [6.45, 7) is 0. The predicted molar refractivity (Wildman–Crippen MR) is 96.2 cm³/mol. The predicted octanol–water partition coefficient (Wildman–Crippen LogP) is 5.14. The van der Waals surface area contributed by atoms with Crippen LogP contribution >= 0.6 is 0 Å². The number of hydrogen-bond donors (Lipinski definition) is 0. The van der Waals surface area contributed by atoms with E-state index in [0.717, 1.165) is 35.5 Å². The van der Waals surface area contributed by atoms with Crippen molar-refractivity contribution in [3.8, 4) is 11.5 Å². The van der Waals surface area contributed by atoms with Crippen molar-refractivity contribution in [2.75, 3.05) is 14.2 Å². The number of methoxy groups -OCH3 is 2. The highest BCUT2D eigenvalue weighted by Gasteiger charge is 2.06. The molecule has 2 aromatic carbocycles. The summed E-state index contributed by atoms with van der Waals surface area (Å²) in [5, 5.41) is 0. The van der Waals surface area contributed by atoms with E-state index in [2.05, 4.69) is 48.6 Å². The van der Waals surface area contributed by atoms with E-state index in [1.165, 1.54) is 30.4 Å². The molecule has 0 aliphatic heterocycles. The van der Waals surface area contributed by atoms with Crippen LogP contribution in [0.3, 0.4) is 0 Å². The molecule has 3 rings (SSSR count). The van der Waals surface area contributed by atoms with Crippen LogP contribution in [0.1, 0.15) is 41.5 Å². The van der Waals surface area contributed by atoms with Crippen LogP contribution in [0.5, 0.6) is 11.5 Å². The van der Waals surface area contributed by atoms with Gasteiger partial charge in [0.2, 0.25) is 0 Å². The van der Waals surface area contributed by atoms with Crippen molar-refractivity contribution in [1.29, 1.82) is 0 Å². The third-order valence-corrected chi connectivity index (χ3v) is 4.46. The summed E-state index contributed by atoms with van der Waals surface area (Å²) >= 11 is 0. The molecule has 0 spiro atoms. The highest BCUT2D eigenvalue weighted by Crippen LogP contribution is 2.27. The zero-order valence-electron chi connectivity index (χ0n) is 14.0. The Balaban J connectivity index is 2.04. The Morgan fingerprint density at radius 2 is 1.13 bits per heavy atom. The first-order valence-electron chi connectivity index (χ1n) is 8.32. The summed E-state index contributed by atoms with van der Waals surface area (Å²) in [6, 6.07) is 13.0. The van der Waals surface area contributed by atoms with Crippen LogP contribution in [0.4, 0.5) is 0 Å². The van der Waals surface area contributed by atoms with Crippen LogP contribution < -0.4 is 9.47 Å². The van der Waals surface area contributed by atoms with Crippen LogP contribution in [0.2, 0.25) is 0 Å². The minimum absolute atomic E-state index is 0.912. The van der Waals surface area contributed by atoms with Gasteiger partial charge in [-0.15, -0.1) is 0 Å². The Kier molecular flexibility index (Phi) is 5.02. The largest absolute Gasteiger partial charge is 0.496 e. The van der Waals surface area contributed by atoms with Gasteiger partial charge in [0.25, 0.3) is 0 Å². The lowest BCUT2D eigenvalue weighted by molar-refractivity contribution is 0.413. The van der Waals surface area contributed by atoms with Gasteiger partial charge < -0.3 is 9.47 Å². The van der Waals surface area contributed by atoms with Crippen molar-refractivity contribution in [1.82, 2.24) is 0 Å². The third-order valence-electron chi connectivity index (χ3n) is 4.46. The molecular weight excluding hydrogens is 284 g/mol. The second kappa shape index (κ2) is 7.36. The molecule has 0 unspecified atom stereocenters. The molecule has 0 saturated heterocycles. The lowest BCUT2D eigenvalue weighted by Crippen LogP contribution is -1.92. The molecule has 2 aromatic rings. The summed E-state index contributed by atoms with van der Waals surface area (Å²) in [6.07, 6.45) is 10.2. The summed E-state index contributed by atoms with van der Waals surface area (Å²) in [5.74, 6) is 1.82. The molecule has 0 fully saturated rings. The van der Waals surface area contributed by atoms with Gasteiger partial charge in [0.1, 0.15) is 11.5 Å². The van der Waals surface area contributed by atoms with E-state index in [1.807, 2.05) is 0 Å². The lowest BCUT2D eigenvalue weighted by atomic mass is 10.0. The molecule has 23 heavy (non-hydrogen) atoms. The first-order valence-corrected chi connectivity index (χ1v) is 8.32. The average Bonchev–Trinajstić information content (AvgIpc) is 2.60. The van der Waals surface area contributed by atoms with Gasteiger partial charge in [-0.25, -0.2) is 0 Å². The van der Waals surface area contributed by atoms with Gasteiger partial charge in [-0.1, -0.05) is 30.7 Å². The second-order valence-corrected chi connectivity index (χ2v) is 6.05. The van der Waals surface area contributed by atoms with E-state index in [-0.39, 0.29) is 0 Å². The molecular formula is C21H24O2. The monoisotopic (exact) mass is 308 g/mol. The van der Waals surface area contributed by atoms with E-state index >= 15 is 0 Å². The van der Waals surface area contributed by atoms with Gasteiger partial charge >= 0.3 is 0 Å². The lowest BCUT2D eigenvalue weighted by Gasteiger charge is -2.09. The van der Waals surface area contributed by atoms with Crippen molar-refractivity contribution in [3.63, 3.8) is 0 Å². The molecule has 0 radical (unpaired) electrons. The number of benzene rings is 2. The topological polar surface area (TPSA) is 18.5 Å².